The van der Waals surface area contributed by atoms with Crippen LogP contribution in [0.2, 0.25) is 0 Å². The van der Waals surface area contributed by atoms with Crippen LogP contribution in [-0.4, -0.2) is 20.9 Å². The fourth-order valence-electron chi connectivity index (χ4n) is 1.82. The van der Waals surface area contributed by atoms with E-state index in [0.717, 1.165) is 0 Å². The summed E-state index contributed by atoms with van der Waals surface area (Å²) in [6.45, 7) is -0.347. The molecule has 0 atom stereocenters. The Kier molecular flexibility index (Phi) is 5.30. The molecule has 0 radical (unpaired) electrons. The van der Waals surface area contributed by atoms with Crippen molar-refractivity contribution < 1.29 is 22.3 Å². The van der Waals surface area contributed by atoms with Gasteiger partial charge in [0, 0.05) is 5.69 Å². The number of halogens is 1. The monoisotopic (exact) mass is 338 g/mol. The summed E-state index contributed by atoms with van der Waals surface area (Å²) in [5, 5.41) is 7.50. The third-order valence-corrected chi connectivity index (χ3v) is 3.54. The van der Waals surface area contributed by atoms with E-state index in [4.69, 9.17) is 9.88 Å². The summed E-state index contributed by atoms with van der Waals surface area (Å²) >= 11 is 0. The molecule has 0 saturated heterocycles. The molecule has 2 aromatic rings. The van der Waals surface area contributed by atoms with Crippen molar-refractivity contribution in [2.45, 2.75) is 5.75 Å². The second kappa shape index (κ2) is 7.21. The highest BCUT2D eigenvalue weighted by atomic mass is 32.2. The van der Waals surface area contributed by atoms with E-state index in [2.05, 4.69) is 5.32 Å². The Hall–Kier alpha value is -2.45. The average molecular weight is 338 g/mol. The lowest BCUT2D eigenvalue weighted by Gasteiger charge is -2.08. The van der Waals surface area contributed by atoms with E-state index in [1.807, 2.05) is 0 Å². The second-order valence-electron chi connectivity index (χ2n) is 4.77. The first-order valence-corrected chi connectivity index (χ1v) is 8.31. The molecule has 2 aromatic carbocycles. The quantitative estimate of drug-likeness (QED) is 0.836. The zero-order valence-electron chi connectivity index (χ0n) is 12.0. The van der Waals surface area contributed by atoms with Crippen LogP contribution < -0.4 is 15.2 Å². The summed E-state index contributed by atoms with van der Waals surface area (Å²) in [6, 6.07) is 11.9. The number of anilines is 1. The van der Waals surface area contributed by atoms with Crippen molar-refractivity contribution in [1.82, 2.24) is 0 Å². The summed E-state index contributed by atoms with van der Waals surface area (Å²) in [5.41, 5.74) is 0.971. The van der Waals surface area contributed by atoms with E-state index in [1.165, 1.54) is 30.3 Å². The number of nitrogens with two attached hydrogens (primary N) is 1. The number of carbonyl (C=O) groups is 1. The molecule has 0 heterocycles. The maximum Gasteiger partial charge on any atom is 0.262 e. The van der Waals surface area contributed by atoms with Crippen molar-refractivity contribution in [3.63, 3.8) is 0 Å². The topological polar surface area (TPSA) is 98.5 Å². The fourth-order valence-corrected chi connectivity index (χ4v) is 2.48. The van der Waals surface area contributed by atoms with Gasteiger partial charge in [0.15, 0.2) is 18.2 Å². The van der Waals surface area contributed by atoms with Crippen molar-refractivity contribution in [3.8, 4) is 5.75 Å². The van der Waals surface area contributed by atoms with Crippen LogP contribution in [0.5, 0.6) is 5.75 Å². The molecule has 6 nitrogen and oxygen atoms in total. The van der Waals surface area contributed by atoms with Crippen molar-refractivity contribution in [1.29, 1.82) is 0 Å². The number of rotatable bonds is 6. The average Bonchev–Trinajstić information content (AvgIpc) is 2.47. The van der Waals surface area contributed by atoms with Crippen LogP contribution in [0.3, 0.4) is 0 Å². The van der Waals surface area contributed by atoms with Crippen LogP contribution >= 0.6 is 0 Å². The molecule has 0 fully saturated rings. The van der Waals surface area contributed by atoms with Gasteiger partial charge in [0.1, 0.15) is 0 Å². The molecule has 3 N–H and O–H groups in total. The first-order valence-electron chi connectivity index (χ1n) is 6.60. The molecular weight excluding hydrogens is 323 g/mol. The molecule has 0 aliphatic heterocycles. The predicted octanol–water partition coefficient (Wildman–Crippen LogP) is 1.63. The second-order valence-corrected chi connectivity index (χ2v) is 6.39. The lowest BCUT2D eigenvalue weighted by molar-refractivity contribution is -0.118. The highest BCUT2D eigenvalue weighted by molar-refractivity contribution is 7.88. The number of carbonyl (C=O) groups excluding carboxylic acids is 1. The molecule has 0 aliphatic rings. The van der Waals surface area contributed by atoms with Gasteiger partial charge in [-0.15, -0.1) is 0 Å². The Morgan fingerprint density at radius 1 is 1.13 bits per heavy atom. The number of para-hydroxylation sites is 1. The minimum Gasteiger partial charge on any atom is -0.481 e. The predicted molar refractivity (Wildman–Crippen MR) is 83.8 cm³/mol. The standard InChI is InChI=1S/C15H15FN2O4S/c16-13-3-1-2-4-14(13)22-9-15(19)18-12-7-5-11(6-8-12)10-23(17,20)21/h1-8H,9-10H2,(H,18,19)(H2,17,20,21). The van der Waals surface area contributed by atoms with E-state index >= 15 is 0 Å². The van der Waals surface area contributed by atoms with Gasteiger partial charge in [0.05, 0.1) is 5.75 Å². The number of hydrogen-bond acceptors (Lipinski definition) is 4. The summed E-state index contributed by atoms with van der Waals surface area (Å²) < 4.78 is 40.4. The van der Waals surface area contributed by atoms with E-state index in [-0.39, 0.29) is 18.1 Å². The molecule has 23 heavy (non-hydrogen) atoms. The lowest BCUT2D eigenvalue weighted by Crippen LogP contribution is -2.20. The number of nitrogens with one attached hydrogen (secondary N) is 1. The zero-order valence-corrected chi connectivity index (χ0v) is 12.8. The van der Waals surface area contributed by atoms with E-state index in [9.17, 15) is 17.6 Å². The van der Waals surface area contributed by atoms with E-state index in [1.54, 1.807) is 18.2 Å². The van der Waals surface area contributed by atoms with Crippen LogP contribution in [0.4, 0.5) is 10.1 Å². The normalized spacial score (nSPS) is 11.0. The number of ether oxygens (including phenoxy) is 1. The highest BCUT2D eigenvalue weighted by Crippen LogP contribution is 2.15. The van der Waals surface area contributed by atoms with Gasteiger partial charge < -0.3 is 10.1 Å². The molecule has 0 spiro atoms. The first kappa shape index (κ1) is 16.9. The Balaban J connectivity index is 1.89. The smallest absolute Gasteiger partial charge is 0.262 e. The molecule has 0 unspecified atom stereocenters. The van der Waals surface area contributed by atoms with Gasteiger partial charge in [-0.25, -0.2) is 17.9 Å². The van der Waals surface area contributed by atoms with Crippen molar-refractivity contribution in [2.75, 3.05) is 11.9 Å². The molecule has 0 aromatic heterocycles. The zero-order chi connectivity index (χ0) is 16.9. The third kappa shape index (κ3) is 5.68. The van der Waals surface area contributed by atoms with Crippen LogP contribution in [0, 0.1) is 5.82 Å². The van der Waals surface area contributed by atoms with Crippen molar-refractivity contribution in [2.24, 2.45) is 5.14 Å². The lowest BCUT2D eigenvalue weighted by atomic mass is 10.2. The van der Waals surface area contributed by atoms with Gasteiger partial charge in [-0.05, 0) is 29.8 Å². The van der Waals surface area contributed by atoms with E-state index < -0.39 is 21.7 Å². The van der Waals surface area contributed by atoms with Gasteiger partial charge in [0.2, 0.25) is 10.0 Å². The van der Waals surface area contributed by atoms with E-state index in [0.29, 0.717) is 11.3 Å². The number of benzene rings is 2. The van der Waals surface area contributed by atoms with Crippen LogP contribution in [0.1, 0.15) is 5.56 Å². The van der Waals surface area contributed by atoms with Crippen LogP contribution in [-0.2, 0) is 20.6 Å². The molecule has 0 saturated carbocycles. The van der Waals surface area contributed by atoms with Crippen LogP contribution in [0.25, 0.3) is 0 Å². The van der Waals surface area contributed by atoms with Gasteiger partial charge in [-0.3, -0.25) is 4.79 Å². The Bertz CT molecular complexity index is 791. The molecular formula is C15H15FN2O4S. The summed E-state index contributed by atoms with van der Waals surface area (Å²) in [7, 11) is -3.60. The van der Waals surface area contributed by atoms with Gasteiger partial charge >= 0.3 is 0 Å². The molecule has 2 rings (SSSR count). The maximum atomic E-state index is 13.3. The number of amides is 1. The summed E-state index contributed by atoms with van der Waals surface area (Å²) in [4.78, 5) is 11.7. The van der Waals surface area contributed by atoms with Crippen LogP contribution in [0.15, 0.2) is 48.5 Å². The Labute approximate surface area is 133 Å². The first-order chi connectivity index (χ1) is 10.8. The molecule has 1 amide bonds. The Morgan fingerprint density at radius 2 is 1.78 bits per heavy atom. The summed E-state index contributed by atoms with van der Waals surface area (Å²) in [5.74, 6) is -1.30. The minimum atomic E-state index is -3.60. The molecule has 0 aliphatic carbocycles. The molecule has 0 bridgehead atoms. The summed E-state index contributed by atoms with van der Waals surface area (Å²) in [6.07, 6.45) is 0. The SMILES string of the molecule is NS(=O)(=O)Cc1ccc(NC(=O)COc2ccccc2F)cc1. The molecule has 122 valence electrons. The third-order valence-electron chi connectivity index (χ3n) is 2.80. The minimum absolute atomic E-state index is 0.00819. The molecule has 8 heteroatoms. The maximum absolute atomic E-state index is 13.3. The largest absolute Gasteiger partial charge is 0.481 e. The fraction of sp³-hybridized carbons (Fsp3) is 0.133. The van der Waals surface area contributed by atoms with Gasteiger partial charge in [-0.2, -0.15) is 0 Å². The number of hydrogen-bond donors (Lipinski definition) is 2. The van der Waals surface area contributed by atoms with Crippen molar-refractivity contribution >= 4 is 21.6 Å². The Morgan fingerprint density at radius 3 is 2.39 bits per heavy atom. The number of sulfonamides is 1. The highest BCUT2D eigenvalue weighted by Gasteiger charge is 2.08. The van der Waals surface area contributed by atoms with Gasteiger partial charge in [0.25, 0.3) is 5.91 Å². The van der Waals surface area contributed by atoms with Gasteiger partial charge in [-0.1, -0.05) is 24.3 Å². The van der Waals surface area contributed by atoms with Crippen molar-refractivity contribution in [3.05, 3.63) is 59.9 Å². The number of primary sulfonamides is 1.